The van der Waals surface area contributed by atoms with Crippen LogP contribution in [-0.2, 0) is 11.3 Å². The lowest BCUT2D eigenvalue weighted by molar-refractivity contribution is -0.133. The molecule has 1 saturated heterocycles. The molecule has 0 spiro atoms. The van der Waals surface area contributed by atoms with Gasteiger partial charge in [-0.25, -0.2) is 4.79 Å². The Kier molecular flexibility index (Phi) is 6.89. The molecule has 0 unspecified atom stereocenters. The lowest BCUT2D eigenvalue weighted by Gasteiger charge is -2.26. The third-order valence-corrected chi connectivity index (χ3v) is 4.63. The predicted octanol–water partition coefficient (Wildman–Crippen LogP) is 3.71. The van der Waals surface area contributed by atoms with Gasteiger partial charge in [0.1, 0.15) is 12.4 Å². The number of urea groups is 1. The fourth-order valence-corrected chi connectivity index (χ4v) is 3.21. The number of carbonyl (C=O) groups excluding carboxylic acids is 2. The van der Waals surface area contributed by atoms with Crippen molar-refractivity contribution in [2.45, 2.75) is 32.7 Å². The highest BCUT2D eigenvalue weighted by Gasteiger charge is 2.18. The summed E-state index contributed by atoms with van der Waals surface area (Å²) in [6.07, 6.45) is 2.66. The molecule has 148 valence electrons. The topological polar surface area (TPSA) is 70.7 Å². The summed E-state index contributed by atoms with van der Waals surface area (Å²) in [7, 11) is 0. The normalized spacial score (nSPS) is 13.9. The molecule has 0 radical (unpaired) electrons. The van der Waals surface area contributed by atoms with Gasteiger partial charge in [0, 0.05) is 25.2 Å². The molecule has 6 heteroatoms. The van der Waals surface area contributed by atoms with E-state index in [0.29, 0.717) is 31.8 Å². The molecule has 0 bridgehead atoms. The van der Waals surface area contributed by atoms with Crippen LogP contribution < -0.4 is 15.4 Å². The standard InChI is InChI=1S/C22H27N3O3/c1-17-6-4-9-20(14-17)28-13-11-23-22(27)24-19-8-5-7-18(15-19)16-25-12-3-2-10-21(25)26/h4-9,14-15H,2-3,10-13,16H2,1H3,(H2,23,24,27). The van der Waals surface area contributed by atoms with Crippen molar-refractivity contribution in [2.24, 2.45) is 0 Å². The Balaban J connectivity index is 1.43. The van der Waals surface area contributed by atoms with E-state index in [1.807, 2.05) is 60.4 Å². The average molecular weight is 381 g/mol. The zero-order chi connectivity index (χ0) is 19.8. The molecule has 0 atom stereocenters. The molecule has 1 aliphatic heterocycles. The molecule has 0 aromatic heterocycles. The number of likely N-dealkylation sites (tertiary alicyclic amines) is 1. The van der Waals surface area contributed by atoms with Gasteiger partial charge >= 0.3 is 6.03 Å². The van der Waals surface area contributed by atoms with E-state index in [0.717, 1.165) is 36.3 Å². The van der Waals surface area contributed by atoms with Crippen molar-refractivity contribution >= 4 is 17.6 Å². The van der Waals surface area contributed by atoms with Crippen LogP contribution in [0, 0.1) is 6.92 Å². The molecular weight excluding hydrogens is 354 g/mol. The number of hydrogen-bond acceptors (Lipinski definition) is 3. The molecule has 0 saturated carbocycles. The Bertz CT molecular complexity index is 822. The maximum absolute atomic E-state index is 12.1. The van der Waals surface area contributed by atoms with Gasteiger partial charge in [0.15, 0.2) is 0 Å². The van der Waals surface area contributed by atoms with Crippen molar-refractivity contribution < 1.29 is 14.3 Å². The number of aryl methyl sites for hydroxylation is 1. The largest absolute Gasteiger partial charge is 0.492 e. The molecule has 1 heterocycles. The molecule has 2 aromatic rings. The number of nitrogens with one attached hydrogen (secondary N) is 2. The summed E-state index contributed by atoms with van der Waals surface area (Å²) in [5, 5.41) is 5.61. The van der Waals surface area contributed by atoms with Crippen LogP contribution in [0.4, 0.5) is 10.5 Å². The number of nitrogens with zero attached hydrogens (tertiary/aromatic N) is 1. The van der Waals surface area contributed by atoms with Crippen molar-refractivity contribution in [3.8, 4) is 5.75 Å². The number of benzene rings is 2. The highest BCUT2D eigenvalue weighted by Crippen LogP contribution is 2.17. The first-order valence-corrected chi connectivity index (χ1v) is 9.71. The summed E-state index contributed by atoms with van der Waals surface area (Å²) in [4.78, 5) is 25.9. The van der Waals surface area contributed by atoms with Crippen LogP contribution in [0.5, 0.6) is 5.75 Å². The fraction of sp³-hybridized carbons (Fsp3) is 0.364. The first-order chi connectivity index (χ1) is 13.6. The van der Waals surface area contributed by atoms with Gasteiger partial charge in [0.05, 0.1) is 6.54 Å². The summed E-state index contributed by atoms with van der Waals surface area (Å²) >= 11 is 0. The van der Waals surface area contributed by atoms with E-state index >= 15 is 0 Å². The van der Waals surface area contributed by atoms with E-state index in [2.05, 4.69) is 10.6 Å². The first kappa shape index (κ1) is 19.7. The number of carbonyl (C=O) groups is 2. The number of ether oxygens (including phenoxy) is 1. The smallest absolute Gasteiger partial charge is 0.319 e. The number of rotatable bonds is 7. The molecule has 3 amide bonds. The second-order valence-electron chi connectivity index (χ2n) is 7.02. The highest BCUT2D eigenvalue weighted by molar-refractivity contribution is 5.89. The number of anilines is 1. The van der Waals surface area contributed by atoms with Gasteiger partial charge in [-0.15, -0.1) is 0 Å². The van der Waals surface area contributed by atoms with E-state index < -0.39 is 0 Å². The summed E-state index contributed by atoms with van der Waals surface area (Å²) in [6, 6.07) is 15.1. The number of hydrogen-bond donors (Lipinski definition) is 2. The minimum absolute atomic E-state index is 0.205. The second kappa shape index (κ2) is 9.78. The predicted molar refractivity (Wildman–Crippen MR) is 109 cm³/mol. The summed E-state index contributed by atoms with van der Waals surface area (Å²) in [6.45, 7) is 4.20. The fourth-order valence-electron chi connectivity index (χ4n) is 3.21. The van der Waals surface area contributed by atoms with Gasteiger partial charge < -0.3 is 20.3 Å². The zero-order valence-corrected chi connectivity index (χ0v) is 16.2. The van der Waals surface area contributed by atoms with E-state index in [1.54, 1.807) is 0 Å². The monoisotopic (exact) mass is 381 g/mol. The maximum atomic E-state index is 12.1. The number of piperidine rings is 1. The van der Waals surface area contributed by atoms with Gasteiger partial charge in [0.25, 0.3) is 0 Å². The summed E-state index contributed by atoms with van der Waals surface area (Å²) < 4.78 is 5.62. The number of amides is 3. The van der Waals surface area contributed by atoms with Crippen LogP contribution in [0.25, 0.3) is 0 Å². The molecule has 1 aliphatic rings. The molecule has 2 aromatic carbocycles. The van der Waals surface area contributed by atoms with Crippen molar-refractivity contribution in [1.82, 2.24) is 10.2 Å². The van der Waals surface area contributed by atoms with Crippen LogP contribution in [0.3, 0.4) is 0 Å². The Labute approximate surface area is 165 Å². The van der Waals surface area contributed by atoms with Gasteiger partial charge in [-0.3, -0.25) is 4.79 Å². The molecule has 2 N–H and O–H groups in total. The van der Waals surface area contributed by atoms with E-state index in [9.17, 15) is 9.59 Å². The molecule has 3 rings (SSSR count). The highest BCUT2D eigenvalue weighted by atomic mass is 16.5. The Morgan fingerprint density at radius 2 is 2.00 bits per heavy atom. The minimum Gasteiger partial charge on any atom is -0.492 e. The molecule has 28 heavy (non-hydrogen) atoms. The first-order valence-electron chi connectivity index (χ1n) is 9.71. The maximum Gasteiger partial charge on any atom is 0.319 e. The van der Waals surface area contributed by atoms with Gasteiger partial charge in [0.2, 0.25) is 5.91 Å². The van der Waals surface area contributed by atoms with E-state index in [4.69, 9.17) is 4.74 Å². The van der Waals surface area contributed by atoms with Crippen molar-refractivity contribution in [2.75, 3.05) is 25.0 Å². The summed E-state index contributed by atoms with van der Waals surface area (Å²) in [5.74, 6) is 0.998. The van der Waals surface area contributed by atoms with Crippen molar-refractivity contribution in [3.05, 3.63) is 59.7 Å². The quantitative estimate of drug-likeness (QED) is 0.719. The summed E-state index contributed by atoms with van der Waals surface area (Å²) in [5.41, 5.74) is 2.85. The minimum atomic E-state index is -0.279. The van der Waals surface area contributed by atoms with Crippen LogP contribution in [0.2, 0.25) is 0 Å². The van der Waals surface area contributed by atoms with Crippen LogP contribution in [0.15, 0.2) is 48.5 Å². The third-order valence-electron chi connectivity index (χ3n) is 4.63. The van der Waals surface area contributed by atoms with Gasteiger partial charge in [-0.1, -0.05) is 24.3 Å². The lowest BCUT2D eigenvalue weighted by atomic mass is 10.1. The molecule has 0 aliphatic carbocycles. The molecular formula is C22H27N3O3. The van der Waals surface area contributed by atoms with Crippen LogP contribution in [-0.4, -0.2) is 36.5 Å². The van der Waals surface area contributed by atoms with Gasteiger partial charge in [-0.2, -0.15) is 0 Å². The van der Waals surface area contributed by atoms with E-state index in [1.165, 1.54) is 0 Å². The average Bonchev–Trinajstić information content (AvgIpc) is 2.67. The van der Waals surface area contributed by atoms with E-state index in [-0.39, 0.29) is 11.9 Å². The second-order valence-corrected chi connectivity index (χ2v) is 7.02. The zero-order valence-electron chi connectivity index (χ0n) is 16.2. The Morgan fingerprint density at radius 3 is 2.82 bits per heavy atom. The third kappa shape index (κ3) is 6.01. The van der Waals surface area contributed by atoms with Crippen LogP contribution in [0.1, 0.15) is 30.4 Å². The van der Waals surface area contributed by atoms with Crippen molar-refractivity contribution in [3.63, 3.8) is 0 Å². The molecule has 1 fully saturated rings. The molecule has 6 nitrogen and oxygen atoms in total. The van der Waals surface area contributed by atoms with Gasteiger partial charge in [-0.05, 0) is 55.2 Å². The van der Waals surface area contributed by atoms with Crippen LogP contribution >= 0.6 is 0 Å². The Hall–Kier alpha value is -3.02. The van der Waals surface area contributed by atoms with Crippen molar-refractivity contribution in [1.29, 1.82) is 0 Å². The lowest BCUT2D eigenvalue weighted by Crippen LogP contribution is -2.34. The Morgan fingerprint density at radius 1 is 1.14 bits per heavy atom. The SMILES string of the molecule is Cc1cccc(OCCNC(=O)Nc2cccc(CN3CCCCC3=O)c2)c1.